The van der Waals surface area contributed by atoms with Gasteiger partial charge in [0.05, 0.1) is 37.5 Å². The van der Waals surface area contributed by atoms with Crippen molar-refractivity contribution in [2.24, 2.45) is 0 Å². The Morgan fingerprint density at radius 1 is 1.30 bits per heavy atom. The molecule has 2 saturated heterocycles. The van der Waals surface area contributed by atoms with E-state index in [1.165, 1.54) is 17.0 Å². The molecule has 1 aromatic rings. The van der Waals surface area contributed by atoms with Gasteiger partial charge in [0, 0.05) is 11.4 Å². The van der Waals surface area contributed by atoms with Crippen molar-refractivity contribution in [2.75, 3.05) is 37.7 Å². The van der Waals surface area contributed by atoms with E-state index >= 15 is 0 Å². The number of nitrogens with zero attached hydrogens (tertiary/aromatic N) is 1. The van der Waals surface area contributed by atoms with Gasteiger partial charge in [0.15, 0.2) is 9.84 Å². The molecule has 0 aliphatic carbocycles. The molecule has 3 rings (SSSR count). The molecule has 1 atom stereocenters. The highest BCUT2D eigenvalue weighted by molar-refractivity contribution is 7.91. The van der Waals surface area contributed by atoms with Gasteiger partial charge in [-0.1, -0.05) is 11.6 Å². The second-order valence-corrected chi connectivity index (χ2v) is 8.84. The van der Waals surface area contributed by atoms with Gasteiger partial charge >= 0.3 is 0 Å². The molecule has 2 aliphatic rings. The fraction of sp³-hybridized carbons (Fsp3) is 0.533. The molecule has 0 unspecified atom stereocenters. The predicted octanol–water partition coefficient (Wildman–Crippen LogP) is 0.00690. The number of quaternary nitrogens is 1. The first-order chi connectivity index (χ1) is 10.9. The highest BCUT2D eigenvalue weighted by atomic mass is 35.5. The van der Waals surface area contributed by atoms with E-state index in [0.29, 0.717) is 32.6 Å². The van der Waals surface area contributed by atoms with Gasteiger partial charge in [0.2, 0.25) is 0 Å². The first-order valence-electron chi connectivity index (χ1n) is 7.65. The summed E-state index contributed by atoms with van der Waals surface area (Å²) >= 11 is 5.70. The summed E-state index contributed by atoms with van der Waals surface area (Å²) in [6.07, 6.45) is 0.692. The van der Waals surface area contributed by atoms with E-state index in [-0.39, 0.29) is 34.0 Å². The van der Waals surface area contributed by atoms with E-state index in [9.17, 15) is 17.6 Å². The van der Waals surface area contributed by atoms with Crippen molar-refractivity contribution in [3.63, 3.8) is 0 Å². The predicted molar refractivity (Wildman–Crippen MR) is 85.1 cm³/mol. The molecular formula is C15H19ClFN2O3S+. The van der Waals surface area contributed by atoms with Crippen LogP contribution < -0.4 is 4.90 Å². The van der Waals surface area contributed by atoms with Gasteiger partial charge in [-0.25, -0.2) is 12.8 Å². The molecule has 2 aliphatic heterocycles. The third-order valence-electron chi connectivity index (χ3n) is 4.66. The molecule has 1 N–H and O–H groups in total. The maximum Gasteiger partial charge on any atom is 0.257 e. The number of sulfone groups is 1. The quantitative estimate of drug-likeness (QED) is 0.807. The Morgan fingerprint density at radius 2 is 2.00 bits per heavy atom. The molecule has 2 fully saturated rings. The molecule has 0 saturated carbocycles. The van der Waals surface area contributed by atoms with Crippen LogP contribution >= 0.6 is 11.6 Å². The standard InChI is InChI=1S/C15H18ClFN2O3S/c16-11-1-2-13(14(17)9-11)15(20)19-6-4-18(5-7-19)12-3-8-23(21,22)10-12/h1-2,9,12H,3-8,10H2/p+1/t12-/m0/s1. The third kappa shape index (κ3) is 3.67. The van der Waals surface area contributed by atoms with Gasteiger partial charge in [-0.15, -0.1) is 0 Å². The molecule has 2 heterocycles. The van der Waals surface area contributed by atoms with Crippen LogP contribution in [0.4, 0.5) is 4.39 Å². The van der Waals surface area contributed by atoms with E-state index in [2.05, 4.69) is 0 Å². The van der Waals surface area contributed by atoms with Crippen molar-refractivity contribution in [2.45, 2.75) is 12.5 Å². The van der Waals surface area contributed by atoms with E-state index in [1.54, 1.807) is 4.90 Å². The number of carbonyl (C=O) groups excluding carboxylic acids is 1. The number of hydrogen-bond donors (Lipinski definition) is 1. The Kier molecular flexibility index (Phi) is 4.62. The number of halogens is 2. The van der Waals surface area contributed by atoms with Crippen LogP contribution in [-0.2, 0) is 9.84 Å². The second-order valence-electron chi connectivity index (χ2n) is 6.17. The van der Waals surface area contributed by atoms with Crippen LogP contribution in [0.25, 0.3) is 0 Å². The Balaban J connectivity index is 1.61. The maximum absolute atomic E-state index is 13.9. The van der Waals surface area contributed by atoms with Crippen molar-refractivity contribution in [3.05, 3.63) is 34.6 Å². The van der Waals surface area contributed by atoms with Crippen LogP contribution in [0.1, 0.15) is 16.8 Å². The van der Waals surface area contributed by atoms with Gasteiger partial charge in [-0.2, -0.15) is 0 Å². The van der Waals surface area contributed by atoms with Gasteiger partial charge in [-0.3, -0.25) is 4.79 Å². The normalized spacial score (nSPS) is 24.8. The monoisotopic (exact) mass is 361 g/mol. The first-order valence-corrected chi connectivity index (χ1v) is 9.85. The summed E-state index contributed by atoms with van der Waals surface area (Å²) in [6.45, 7) is 2.40. The molecule has 8 heteroatoms. The summed E-state index contributed by atoms with van der Waals surface area (Å²) in [5.41, 5.74) is 0.0290. The lowest BCUT2D eigenvalue weighted by Gasteiger charge is -2.35. The summed E-state index contributed by atoms with van der Waals surface area (Å²) in [5, 5.41) is 0.260. The van der Waals surface area contributed by atoms with Crippen LogP contribution in [0, 0.1) is 5.82 Å². The zero-order valence-electron chi connectivity index (χ0n) is 12.6. The lowest BCUT2D eigenvalue weighted by atomic mass is 10.1. The topological polar surface area (TPSA) is 58.9 Å². The van der Waals surface area contributed by atoms with E-state index in [4.69, 9.17) is 11.6 Å². The maximum atomic E-state index is 13.9. The largest absolute Gasteiger partial charge is 0.329 e. The number of rotatable bonds is 2. The van der Waals surface area contributed by atoms with Gasteiger partial charge in [0.1, 0.15) is 17.6 Å². The van der Waals surface area contributed by atoms with Crippen LogP contribution in [0.15, 0.2) is 18.2 Å². The van der Waals surface area contributed by atoms with Gasteiger partial charge < -0.3 is 9.80 Å². The summed E-state index contributed by atoms with van der Waals surface area (Å²) in [6, 6.07) is 4.18. The lowest BCUT2D eigenvalue weighted by Crippen LogP contribution is -3.18. The molecule has 1 aromatic carbocycles. The minimum Gasteiger partial charge on any atom is -0.329 e. The molecule has 0 spiro atoms. The van der Waals surface area contributed by atoms with Crippen LogP contribution in [0.5, 0.6) is 0 Å². The van der Waals surface area contributed by atoms with Gasteiger partial charge in [-0.05, 0) is 18.2 Å². The summed E-state index contributed by atoms with van der Waals surface area (Å²) < 4.78 is 37.0. The average molecular weight is 362 g/mol. The molecule has 0 aromatic heterocycles. The number of benzene rings is 1. The van der Waals surface area contributed by atoms with Crippen molar-refractivity contribution in [1.82, 2.24) is 4.90 Å². The molecule has 126 valence electrons. The summed E-state index contributed by atoms with van der Waals surface area (Å²) in [7, 11) is -2.89. The number of carbonyl (C=O) groups is 1. The minimum atomic E-state index is -2.89. The molecule has 0 bridgehead atoms. The molecule has 23 heavy (non-hydrogen) atoms. The number of amides is 1. The molecular weight excluding hydrogens is 343 g/mol. The van der Waals surface area contributed by atoms with Crippen LogP contribution in [-0.4, -0.2) is 63.0 Å². The Bertz CT molecular complexity index is 717. The smallest absolute Gasteiger partial charge is 0.257 e. The average Bonchev–Trinajstić information content (AvgIpc) is 2.87. The Hall–Kier alpha value is -1.18. The van der Waals surface area contributed by atoms with Crippen LogP contribution in [0.2, 0.25) is 5.02 Å². The Morgan fingerprint density at radius 3 is 2.57 bits per heavy atom. The van der Waals surface area contributed by atoms with Crippen molar-refractivity contribution < 1.29 is 22.5 Å². The fourth-order valence-corrected chi connectivity index (χ4v) is 5.34. The Labute approximate surface area is 139 Å². The summed E-state index contributed by atoms with van der Waals surface area (Å²) in [5.74, 6) is -0.446. The number of hydrogen-bond acceptors (Lipinski definition) is 3. The van der Waals surface area contributed by atoms with Crippen molar-refractivity contribution in [3.8, 4) is 0 Å². The van der Waals surface area contributed by atoms with Crippen molar-refractivity contribution >= 4 is 27.3 Å². The highest BCUT2D eigenvalue weighted by Crippen LogP contribution is 2.16. The van der Waals surface area contributed by atoms with Gasteiger partial charge in [0.25, 0.3) is 5.91 Å². The summed E-state index contributed by atoms with van der Waals surface area (Å²) in [4.78, 5) is 15.3. The zero-order chi connectivity index (χ0) is 16.6. The highest BCUT2D eigenvalue weighted by Gasteiger charge is 2.37. The first kappa shape index (κ1) is 16.7. The lowest BCUT2D eigenvalue weighted by molar-refractivity contribution is -0.925. The minimum absolute atomic E-state index is 0.0290. The van der Waals surface area contributed by atoms with E-state index in [0.717, 1.165) is 6.07 Å². The van der Waals surface area contributed by atoms with Crippen LogP contribution in [0.3, 0.4) is 0 Å². The SMILES string of the molecule is O=C(c1ccc(Cl)cc1F)N1CC[NH+]([C@H]2CCS(=O)(=O)C2)CC1. The zero-order valence-corrected chi connectivity index (χ0v) is 14.2. The van der Waals surface area contributed by atoms with E-state index < -0.39 is 15.7 Å². The molecule has 1 amide bonds. The molecule has 0 radical (unpaired) electrons. The second kappa shape index (κ2) is 6.37. The molecule has 5 nitrogen and oxygen atoms in total. The van der Waals surface area contributed by atoms with E-state index in [1.807, 2.05) is 0 Å². The fourth-order valence-electron chi connectivity index (χ4n) is 3.36. The van der Waals surface area contributed by atoms with Crippen molar-refractivity contribution in [1.29, 1.82) is 0 Å². The number of piperazine rings is 1. The number of nitrogens with one attached hydrogen (secondary N) is 1. The third-order valence-corrected chi connectivity index (χ3v) is 6.67.